The highest BCUT2D eigenvalue weighted by Gasteiger charge is 2.21. The largest absolute Gasteiger partial charge is 0.459 e. The molecule has 0 fully saturated rings. The Bertz CT molecular complexity index is 319. The molecule has 1 heterocycles. The second-order valence-corrected chi connectivity index (χ2v) is 3.90. The van der Waals surface area contributed by atoms with E-state index in [9.17, 15) is 9.90 Å². The number of aliphatic hydroxyl groups is 1. The number of nitrogens with one attached hydrogen (secondary N) is 1. The van der Waals surface area contributed by atoms with E-state index >= 15 is 0 Å². The Morgan fingerprint density at radius 1 is 1.69 bits per heavy atom. The second-order valence-electron chi connectivity index (χ2n) is 3.90. The van der Waals surface area contributed by atoms with Gasteiger partial charge in [-0.3, -0.25) is 4.79 Å². The van der Waals surface area contributed by atoms with E-state index in [-0.39, 0.29) is 18.2 Å². The summed E-state index contributed by atoms with van der Waals surface area (Å²) in [6.07, 6.45) is 1.89. The fraction of sp³-hybridized carbons (Fsp3) is 0.545. The number of amides is 1. The van der Waals surface area contributed by atoms with Gasteiger partial charge in [0.15, 0.2) is 5.76 Å². The third-order valence-electron chi connectivity index (χ3n) is 2.22. The van der Waals surface area contributed by atoms with Crippen molar-refractivity contribution in [3.63, 3.8) is 0 Å². The molecule has 0 aliphatic heterocycles. The lowest BCUT2D eigenvalue weighted by Gasteiger charge is -2.22. The predicted molar refractivity (Wildman–Crippen MR) is 58.2 cm³/mol. The number of carbonyl (C=O) groups is 1. The minimum atomic E-state index is -0.974. The number of furan rings is 1. The summed E-state index contributed by atoms with van der Waals surface area (Å²) in [6.45, 7) is 2.26. The molecule has 0 aliphatic rings. The molecule has 1 atom stereocenters. The van der Waals surface area contributed by atoms with Crippen molar-refractivity contribution in [3.05, 3.63) is 24.2 Å². The average molecular weight is 227 g/mol. The summed E-state index contributed by atoms with van der Waals surface area (Å²) in [5, 5.41) is 12.5. The highest BCUT2D eigenvalue weighted by Crippen LogP contribution is 2.08. The maximum absolute atomic E-state index is 11.5. The van der Waals surface area contributed by atoms with Crippen molar-refractivity contribution in [2.45, 2.75) is 18.9 Å². The number of carbonyl (C=O) groups excluding carboxylic acids is 1. The van der Waals surface area contributed by atoms with Crippen LogP contribution in [0.15, 0.2) is 22.8 Å². The van der Waals surface area contributed by atoms with Gasteiger partial charge >= 0.3 is 0 Å². The van der Waals surface area contributed by atoms with Crippen LogP contribution in [0.4, 0.5) is 0 Å². The summed E-state index contributed by atoms with van der Waals surface area (Å²) in [5.41, 5.74) is -0.974. The molecule has 0 radical (unpaired) electrons. The third-order valence-corrected chi connectivity index (χ3v) is 2.22. The van der Waals surface area contributed by atoms with E-state index in [0.717, 1.165) is 0 Å². The number of methoxy groups -OCH3 is 1. The molecule has 0 aliphatic carbocycles. The van der Waals surface area contributed by atoms with Gasteiger partial charge in [0, 0.05) is 26.7 Å². The molecular weight excluding hydrogens is 210 g/mol. The van der Waals surface area contributed by atoms with E-state index in [0.29, 0.717) is 13.0 Å². The molecule has 1 amide bonds. The van der Waals surface area contributed by atoms with Gasteiger partial charge in [0.2, 0.25) is 0 Å². The lowest BCUT2D eigenvalue weighted by atomic mass is 10.0. The molecule has 0 spiro atoms. The standard InChI is InChI=1S/C11H17NO4/c1-11(14,5-7-15-2)8-12-10(13)9-4-3-6-16-9/h3-4,6,14H,5,7-8H2,1-2H3,(H,12,13). The second kappa shape index (κ2) is 5.67. The maximum atomic E-state index is 11.5. The van der Waals surface area contributed by atoms with Gasteiger partial charge < -0.3 is 19.6 Å². The highest BCUT2D eigenvalue weighted by atomic mass is 16.5. The monoisotopic (exact) mass is 227 g/mol. The van der Waals surface area contributed by atoms with E-state index in [1.54, 1.807) is 26.2 Å². The first-order valence-corrected chi connectivity index (χ1v) is 5.08. The molecule has 2 N–H and O–H groups in total. The van der Waals surface area contributed by atoms with Crippen LogP contribution in [-0.2, 0) is 4.74 Å². The average Bonchev–Trinajstić information content (AvgIpc) is 2.77. The van der Waals surface area contributed by atoms with Crippen molar-refractivity contribution in [1.29, 1.82) is 0 Å². The van der Waals surface area contributed by atoms with Crippen LogP contribution < -0.4 is 5.32 Å². The molecule has 0 bridgehead atoms. The van der Waals surface area contributed by atoms with Gasteiger partial charge in [-0.05, 0) is 19.1 Å². The number of hydrogen-bond donors (Lipinski definition) is 2. The van der Waals surface area contributed by atoms with Gasteiger partial charge in [-0.15, -0.1) is 0 Å². The minimum Gasteiger partial charge on any atom is -0.459 e. The Labute approximate surface area is 94.4 Å². The van der Waals surface area contributed by atoms with Crippen molar-refractivity contribution in [3.8, 4) is 0 Å². The molecule has 1 aromatic rings. The Kier molecular flexibility index (Phi) is 4.52. The molecule has 5 nitrogen and oxygen atoms in total. The molecule has 16 heavy (non-hydrogen) atoms. The zero-order valence-electron chi connectivity index (χ0n) is 9.53. The zero-order chi connectivity index (χ0) is 12.0. The highest BCUT2D eigenvalue weighted by molar-refractivity contribution is 5.91. The van der Waals surface area contributed by atoms with Crippen molar-refractivity contribution in [2.24, 2.45) is 0 Å². The first-order valence-electron chi connectivity index (χ1n) is 5.08. The first-order chi connectivity index (χ1) is 7.55. The normalized spacial score (nSPS) is 14.4. The van der Waals surface area contributed by atoms with Gasteiger partial charge in [0.1, 0.15) is 0 Å². The Morgan fingerprint density at radius 3 is 3.00 bits per heavy atom. The summed E-state index contributed by atoms with van der Waals surface area (Å²) in [4.78, 5) is 11.5. The molecule has 1 rings (SSSR count). The number of hydrogen-bond acceptors (Lipinski definition) is 4. The van der Waals surface area contributed by atoms with Crippen LogP contribution in [-0.4, -0.2) is 36.9 Å². The molecule has 5 heteroatoms. The summed E-state index contributed by atoms with van der Waals surface area (Å²) >= 11 is 0. The van der Waals surface area contributed by atoms with Crippen molar-refractivity contribution >= 4 is 5.91 Å². The maximum Gasteiger partial charge on any atom is 0.287 e. The number of rotatable bonds is 6. The van der Waals surface area contributed by atoms with E-state index in [2.05, 4.69) is 5.32 Å². The van der Waals surface area contributed by atoms with Crippen molar-refractivity contribution in [1.82, 2.24) is 5.32 Å². The molecular formula is C11H17NO4. The molecule has 0 saturated heterocycles. The van der Waals surface area contributed by atoms with E-state index in [1.165, 1.54) is 6.26 Å². The predicted octanol–water partition coefficient (Wildman–Crippen LogP) is 0.797. The zero-order valence-corrected chi connectivity index (χ0v) is 9.53. The number of ether oxygens (including phenoxy) is 1. The van der Waals surface area contributed by atoms with Gasteiger partial charge in [0.25, 0.3) is 5.91 Å². The Balaban J connectivity index is 2.36. The lowest BCUT2D eigenvalue weighted by molar-refractivity contribution is 0.0240. The van der Waals surface area contributed by atoms with Gasteiger partial charge in [-0.1, -0.05) is 0 Å². The van der Waals surface area contributed by atoms with E-state index in [1.807, 2.05) is 0 Å². The fourth-order valence-corrected chi connectivity index (χ4v) is 1.18. The van der Waals surface area contributed by atoms with E-state index in [4.69, 9.17) is 9.15 Å². The van der Waals surface area contributed by atoms with Gasteiger partial charge in [0.05, 0.1) is 11.9 Å². The van der Waals surface area contributed by atoms with Crippen LogP contribution in [0.5, 0.6) is 0 Å². The van der Waals surface area contributed by atoms with Crippen LogP contribution in [0.3, 0.4) is 0 Å². The van der Waals surface area contributed by atoms with Crippen LogP contribution in [0.25, 0.3) is 0 Å². The van der Waals surface area contributed by atoms with Crippen LogP contribution in [0, 0.1) is 0 Å². The first kappa shape index (κ1) is 12.7. The summed E-state index contributed by atoms with van der Waals surface area (Å²) in [6, 6.07) is 3.21. The third kappa shape index (κ3) is 4.04. The minimum absolute atomic E-state index is 0.163. The molecule has 1 aromatic heterocycles. The van der Waals surface area contributed by atoms with Crippen LogP contribution in [0.1, 0.15) is 23.9 Å². The van der Waals surface area contributed by atoms with Crippen molar-refractivity contribution in [2.75, 3.05) is 20.3 Å². The molecule has 1 unspecified atom stereocenters. The molecule has 0 saturated carbocycles. The summed E-state index contributed by atoms with van der Waals surface area (Å²) in [5.74, 6) is -0.0924. The smallest absolute Gasteiger partial charge is 0.287 e. The molecule has 0 aromatic carbocycles. The SMILES string of the molecule is COCCC(C)(O)CNC(=O)c1ccco1. The van der Waals surface area contributed by atoms with Crippen LogP contribution >= 0.6 is 0 Å². The van der Waals surface area contributed by atoms with Crippen molar-refractivity contribution < 1.29 is 19.1 Å². The quantitative estimate of drug-likeness (QED) is 0.754. The topological polar surface area (TPSA) is 71.7 Å². The summed E-state index contributed by atoms with van der Waals surface area (Å²) < 4.78 is 9.79. The van der Waals surface area contributed by atoms with Gasteiger partial charge in [-0.25, -0.2) is 0 Å². The summed E-state index contributed by atoms with van der Waals surface area (Å²) in [7, 11) is 1.57. The lowest BCUT2D eigenvalue weighted by Crippen LogP contribution is -2.41. The van der Waals surface area contributed by atoms with Crippen LogP contribution in [0.2, 0.25) is 0 Å². The Hall–Kier alpha value is -1.33. The molecule has 90 valence electrons. The van der Waals surface area contributed by atoms with Gasteiger partial charge in [-0.2, -0.15) is 0 Å². The Morgan fingerprint density at radius 2 is 2.44 bits per heavy atom. The van der Waals surface area contributed by atoms with E-state index < -0.39 is 5.60 Å². The fourth-order valence-electron chi connectivity index (χ4n) is 1.18.